The molecule has 0 bridgehead atoms. The van der Waals surface area contributed by atoms with Crippen molar-refractivity contribution in [3.05, 3.63) is 64.4 Å². The van der Waals surface area contributed by atoms with Crippen molar-refractivity contribution in [2.75, 3.05) is 16.4 Å². The molecule has 0 aliphatic heterocycles. The number of nitrogens with zero attached hydrogens (tertiary/aromatic N) is 3. The summed E-state index contributed by atoms with van der Waals surface area (Å²) in [5.74, 6) is 0.345. The molecule has 7 nitrogen and oxygen atoms in total. The fourth-order valence-electron chi connectivity index (χ4n) is 2.91. The Bertz CT molecular complexity index is 1100. The second-order valence-corrected chi connectivity index (χ2v) is 8.34. The molecule has 31 heavy (non-hydrogen) atoms. The second-order valence-electron chi connectivity index (χ2n) is 6.99. The monoisotopic (exact) mass is 457 g/mol. The summed E-state index contributed by atoms with van der Waals surface area (Å²) in [6.45, 7) is 3.94. The van der Waals surface area contributed by atoms with E-state index in [1.165, 1.54) is 11.8 Å². The molecular weight excluding hydrogens is 434 g/mol. The van der Waals surface area contributed by atoms with Crippen LogP contribution in [0.5, 0.6) is 0 Å². The highest BCUT2D eigenvalue weighted by Crippen LogP contribution is 2.21. The Morgan fingerprint density at radius 2 is 1.87 bits per heavy atom. The molecule has 2 aromatic carbocycles. The molecule has 0 saturated heterocycles. The Morgan fingerprint density at radius 1 is 1.10 bits per heavy atom. The number of carbonyl (C=O) groups is 2. The maximum Gasteiger partial charge on any atom is 0.234 e. The summed E-state index contributed by atoms with van der Waals surface area (Å²) >= 11 is 7.34. The van der Waals surface area contributed by atoms with Gasteiger partial charge < -0.3 is 15.2 Å². The fraction of sp³-hybridized carbons (Fsp3) is 0.273. The minimum Gasteiger partial charge on any atom is -0.325 e. The van der Waals surface area contributed by atoms with E-state index in [1.54, 1.807) is 23.7 Å². The summed E-state index contributed by atoms with van der Waals surface area (Å²) in [6, 6.07) is 13.1. The number of benzene rings is 2. The van der Waals surface area contributed by atoms with Gasteiger partial charge in [-0.25, -0.2) is 0 Å². The van der Waals surface area contributed by atoms with Gasteiger partial charge >= 0.3 is 0 Å². The van der Waals surface area contributed by atoms with Crippen molar-refractivity contribution in [2.24, 2.45) is 7.05 Å². The quantitative estimate of drug-likeness (QED) is 0.493. The molecule has 0 spiro atoms. The number of carbonyl (C=O) groups excluding carboxylic acids is 2. The Labute approximate surface area is 190 Å². The number of halogens is 1. The van der Waals surface area contributed by atoms with E-state index in [1.807, 2.05) is 44.2 Å². The predicted octanol–water partition coefficient (Wildman–Crippen LogP) is 4.25. The van der Waals surface area contributed by atoms with Crippen molar-refractivity contribution < 1.29 is 9.59 Å². The van der Waals surface area contributed by atoms with Crippen LogP contribution in [-0.2, 0) is 29.5 Å². The van der Waals surface area contributed by atoms with E-state index in [2.05, 4.69) is 20.8 Å². The number of thioether (sulfide) groups is 1. The number of nitrogens with one attached hydrogen (secondary N) is 2. The molecule has 162 valence electrons. The molecule has 0 unspecified atom stereocenters. The third-order valence-corrected chi connectivity index (χ3v) is 6.13. The highest BCUT2D eigenvalue weighted by atomic mass is 35.5. The zero-order valence-electron chi connectivity index (χ0n) is 17.6. The maximum atomic E-state index is 12.5. The SMILES string of the molecule is CCc1ccccc1NC(=O)Cc1nnc(SCC(=O)Nc2ccc(C)c(Cl)c2)n1C. The predicted molar refractivity (Wildman–Crippen MR) is 125 cm³/mol. The van der Waals surface area contributed by atoms with Crippen LogP contribution in [0.15, 0.2) is 47.6 Å². The van der Waals surface area contributed by atoms with Gasteiger partial charge in [-0.05, 0) is 42.7 Å². The van der Waals surface area contributed by atoms with Crippen molar-refractivity contribution in [3.63, 3.8) is 0 Å². The first-order chi connectivity index (χ1) is 14.9. The maximum absolute atomic E-state index is 12.5. The molecule has 9 heteroatoms. The number of anilines is 2. The molecule has 0 radical (unpaired) electrons. The molecule has 2 amide bonds. The summed E-state index contributed by atoms with van der Waals surface area (Å²) in [4.78, 5) is 24.7. The molecule has 3 rings (SSSR count). The van der Waals surface area contributed by atoms with E-state index >= 15 is 0 Å². The topological polar surface area (TPSA) is 88.9 Å². The van der Waals surface area contributed by atoms with Gasteiger partial charge in [-0.1, -0.05) is 54.6 Å². The van der Waals surface area contributed by atoms with Crippen LogP contribution < -0.4 is 10.6 Å². The van der Waals surface area contributed by atoms with Gasteiger partial charge in [0.15, 0.2) is 5.16 Å². The minimum atomic E-state index is -0.177. The van der Waals surface area contributed by atoms with E-state index in [9.17, 15) is 9.59 Å². The van der Waals surface area contributed by atoms with Gasteiger partial charge in [-0.2, -0.15) is 0 Å². The number of aromatic nitrogens is 3. The van der Waals surface area contributed by atoms with Gasteiger partial charge in [0.2, 0.25) is 11.8 Å². The van der Waals surface area contributed by atoms with Crippen molar-refractivity contribution in [3.8, 4) is 0 Å². The number of hydrogen-bond donors (Lipinski definition) is 2. The average Bonchev–Trinajstić information content (AvgIpc) is 3.09. The first kappa shape index (κ1) is 22.8. The minimum absolute atomic E-state index is 0.0934. The summed E-state index contributed by atoms with van der Waals surface area (Å²) in [7, 11) is 1.78. The van der Waals surface area contributed by atoms with Crippen molar-refractivity contribution >= 4 is 46.6 Å². The van der Waals surface area contributed by atoms with Gasteiger partial charge in [0.25, 0.3) is 0 Å². The van der Waals surface area contributed by atoms with Crippen LogP contribution in [0.1, 0.15) is 23.9 Å². The first-order valence-electron chi connectivity index (χ1n) is 9.82. The normalized spacial score (nSPS) is 10.7. The Kier molecular flexibility index (Phi) is 7.70. The van der Waals surface area contributed by atoms with Crippen molar-refractivity contribution in [2.45, 2.75) is 31.8 Å². The lowest BCUT2D eigenvalue weighted by Crippen LogP contribution is -2.18. The highest BCUT2D eigenvalue weighted by molar-refractivity contribution is 7.99. The Morgan fingerprint density at radius 3 is 2.61 bits per heavy atom. The molecular formula is C22H24ClN5O2S. The lowest BCUT2D eigenvalue weighted by atomic mass is 10.1. The summed E-state index contributed by atoms with van der Waals surface area (Å²) in [6.07, 6.45) is 0.925. The molecule has 0 atom stereocenters. The van der Waals surface area contributed by atoms with Crippen molar-refractivity contribution in [1.82, 2.24) is 14.8 Å². The van der Waals surface area contributed by atoms with Crippen LogP contribution >= 0.6 is 23.4 Å². The van der Waals surface area contributed by atoms with Crippen LogP contribution in [0.3, 0.4) is 0 Å². The molecule has 0 saturated carbocycles. The zero-order valence-corrected chi connectivity index (χ0v) is 19.2. The molecule has 0 aliphatic rings. The van der Waals surface area contributed by atoms with Gasteiger partial charge in [0, 0.05) is 23.4 Å². The second kappa shape index (κ2) is 10.5. The first-order valence-corrected chi connectivity index (χ1v) is 11.2. The lowest BCUT2D eigenvalue weighted by Gasteiger charge is -2.09. The van der Waals surface area contributed by atoms with Crippen molar-refractivity contribution in [1.29, 1.82) is 0 Å². The molecule has 1 heterocycles. The summed E-state index contributed by atoms with van der Waals surface area (Å²) in [5, 5.41) is 15.1. The Hall–Kier alpha value is -2.84. The number of amides is 2. The van der Waals surface area contributed by atoms with Crippen LogP contribution in [0, 0.1) is 6.92 Å². The average molecular weight is 458 g/mol. The highest BCUT2D eigenvalue weighted by Gasteiger charge is 2.15. The van der Waals surface area contributed by atoms with E-state index in [0.717, 1.165) is 23.2 Å². The number of rotatable bonds is 8. The molecule has 1 aromatic heterocycles. The van der Waals surface area contributed by atoms with Crippen LogP contribution in [-0.4, -0.2) is 32.3 Å². The van der Waals surface area contributed by atoms with Gasteiger partial charge in [-0.15, -0.1) is 10.2 Å². The van der Waals surface area contributed by atoms with Crippen LogP contribution in [0.4, 0.5) is 11.4 Å². The van der Waals surface area contributed by atoms with Gasteiger partial charge in [0.05, 0.1) is 12.2 Å². The number of hydrogen-bond acceptors (Lipinski definition) is 5. The van der Waals surface area contributed by atoms with Gasteiger partial charge in [0.1, 0.15) is 5.82 Å². The molecule has 2 N–H and O–H groups in total. The third kappa shape index (κ3) is 6.08. The van der Waals surface area contributed by atoms with Crippen LogP contribution in [0.25, 0.3) is 0 Å². The molecule has 0 fully saturated rings. The molecule has 0 aliphatic carbocycles. The van der Waals surface area contributed by atoms with Crippen LogP contribution in [0.2, 0.25) is 5.02 Å². The summed E-state index contributed by atoms with van der Waals surface area (Å²) in [5.41, 5.74) is 3.47. The van der Waals surface area contributed by atoms with E-state index in [-0.39, 0.29) is 24.0 Å². The van der Waals surface area contributed by atoms with E-state index < -0.39 is 0 Å². The smallest absolute Gasteiger partial charge is 0.234 e. The Balaban J connectivity index is 1.55. The molecule has 3 aromatic rings. The fourth-order valence-corrected chi connectivity index (χ4v) is 3.82. The van der Waals surface area contributed by atoms with Gasteiger partial charge in [-0.3, -0.25) is 9.59 Å². The standard InChI is InChI=1S/C22H24ClN5O2S/c1-4-15-7-5-6-8-18(15)25-20(29)12-19-26-27-22(28(19)3)31-13-21(30)24-16-10-9-14(2)17(23)11-16/h5-11H,4,12-13H2,1-3H3,(H,24,30)(H,25,29). The number of aryl methyl sites for hydroxylation is 2. The number of para-hydroxylation sites is 1. The van der Waals surface area contributed by atoms with E-state index in [4.69, 9.17) is 11.6 Å². The summed E-state index contributed by atoms with van der Waals surface area (Å²) < 4.78 is 1.73. The lowest BCUT2D eigenvalue weighted by molar-refractivity contribution is -0.116. The third-order valence-electron chi connectivity index (χ3n) is 4.70. The zero-order chi connectivity index (χ0) is 22.4. The van der Waals surface area contributed by atoms with E-state index in [0.29, 0.717) is 21.7 Å². The largest absolute Gasteiger partial charge is 0.325 e.